The second-order valence-electron chi connectivity index (χ2n) is 2.90. The number of nitrogens with zero attached hydrogens (tertiary/aromatic N) is 1. The standard InChI is InChI=1S/C10H7BrFNO/c1-6-5-13-10(14-6)8-3-2-7(12)4-9(8)11/h2-5H,1H3. The number of rotatable bonds is 1. The molecule has 0 bridgehead atoms. The summed E-state index contributed by atoms with van der Waals surface area (Å²) in [6.07, 6.45) is 1.63. The molecule has 0 aliphatic heterocycles. The second kappa shape index (κ2) is 3.53. The highest BCUT2D eigenvalue weighted by molar-refractivity contribution is 9.10. The number of hydrogen-bond donors (Lipinski definition) is 0. The largest absolute Gasteiger partial charge is 0.441 e. The van der Waals surface area contributed by atoms with Crippen molar-refractivity contribution < 1.29 is 8.81 Å². The summed E-state index contributed by atoms with van der Waals surface area (Å²) in [7, 11) is 0. The van der Waals surface area contributed by atoms with Crippen LogP contribution in [0.3, 0.4) is 0 Å². The first-order chi connectivity index (χ1) is 6.66. The Bertz CT molecular complexity index is 467. The molecule has 0 amide bonds. The second-order valence-corrected chi connectivity index (χ2v) is 3.75. The first-order valence-corrected chi connectivity index (χ1v) is 4.84. The van der Waals surface area contributed by atoms with E-state index in [2.05, 4.69) is 20.9 Å². The Balaban J connectivity index is 2.52. The lowest BCUT2D eigenvalue weighted by Gasteiger charge is -1.98. The fraction of sp³-hybridized carbons (Fsp3) is 0.100. The smallest absolute Gasteiger partial charge is 0.227 e. The fourth-order valence-corrected chi connectivity index (χ4v) is 1.66. The van der Waals surface area contributed by atoms with Crippen molar-refractivity contribution in [3.8, 4) is 11.5 Å². The molecular formula is C10H7BrFNO. The number of benzene rings is 1. The van der Waals surface area contributed by atoms with Gasteiger partial charge in [0.15, 0.2) is 0 Å². The maximum atomic E-state index is 12.8. The van der Waals surface area contributed by atoms with Gasteiger partial charge in [0.2, 0.25) is 5.89 Å². The zero-order valence-electron chi connectivity index (χ0n) is 7.42. The summed E-state index contributed by atoms with van der Waals surface area (Å²) < 4.78 is 18.8. The number of aromatic nitrogens is 1. The minimum atomic E-state index is -0.288. The van der Waals surface area contributed by atoms with Crippen molar-refractivity contribution in [2.45, 2.75) is 6.92 Å². The molecule has 72 valence electrons. The quantitative estimate of drug-likeness (QED) is 0.779. The van der Waals surface area contributed by atoms with Crippen molar-refractivity contribution >= 4 is 15.9 Å². The lowest BCUT2D eigenvalue weighted by Crippen LogP contribution is -1.81. The van der Waals surface area contributed by atoms with Crippen molar-refractivity contribution in [2.75, 3.05) is 0 Å². The van der Waals surface area contributed by atoms with Crippen LogP contribution in [0.15, 0.2) is 33.3 Å². The Morgan fingerprint density at radius 3 is 2.79 bits per heavy atom. The predicted molar refractivity (Wildman–Crippen MR) is 54.3 cm³/mol. The molecule has 2 aromatic rings. The summed E-state index contributed by atoms with van der Waals surface area (Å²) in [4.78, 5) is 4.06. The molecule has 2 nitrogen and oxygen atoms in total. The summed E-state index contributed by atoms with van der Waals surface area (Å²) in [5.74, 6) is 0.939. The molecule has 2 rings (SSSR count). The molecule has 1 aromatic carbocycles. The minimum absolute atomic E-state index is 0.288. The number of hydrogen-bond acceptors (Lipinski definition) is 2. The van der Waals surface area contributed by atoms with Crippen LogP contribution in [-0.4, -0.2) is 4.98 Å². The summed E-state index contributed by atoms with van der Waals surface area (Å²) >= 11 is 3.25. The van der Waals surface area contributed by atoms with E-state index in [1.165, 1.54) is 12.1 Å². The third kappa shape index (κ3) is 1.70. The van der Waals surface area contributed by atoms with E-state index in [1.807, 2.05) is 6.92 Å². The lowest BCUT2D eigenvalue weighted by molar-refractivity contribution is 0.542. The molecular weight excluding hydrogens is 249 g/mol. The van der Waals surface area contributed by atoms with Gasteiger partial charge in [-0.15, -0.1) is 0 Å². The minimum Gasteiger partial charge on any atom is -0.441 e. The summed E-state index contributed by atoms with van der Waals surface area (Å²) in [6.45, 7) is 1.81. The van der Waals surface area contributed by atoms with Crippen LogP contribution < -0.4 is 0 Å². The zero-order valence-corrected chi connectivity index (χ0v) is 9.01. The highest BCUT2D eigenvalue weighted by Gasteiger charge is 2.08. The average Bonchev–Trinajstić information content (AvgIpc) is 2.51. The van der Waals surface area contributed by atoms with Gasteiger partial charge in [0, 0.05) is 4.47 Å². The van der Waals surface area contributed by atoms with Crippen LogP contribution in [0.2, 0.25) is 0 Å². The van der Waals surface area contributed by atoms with Gasteiger partial charge in [-0.2, -0.15) is 0 Å². The first-order valence-electron chi connectivity index (χ1n) is 4.04. The van der Waals surface area contributed by atoms with Crippen molar-refractivity contribution in [1.82, 2.24) is 4.98 Å². The van der Waals surface area contributed by atoms with E-state index in [9.17, 15) is 4.39 Å². The van der Waals surface area contributed by atoms with Gasteiger partial charge < -0.3 is 4.42 Å². The molecule has 0 atom stereocenters. The first kappa shape index (κ1) is 9.40. The third-order valence-electron chi connectivity index (χ3n) is 1.78. The Kier molecular flexibility index (Phi) is 2.37. The van der Waals surface area contributed by atoms with Crippen LogP contribution >= 0.6 is 15.9 Å². The van der Waals surface area contributed by atoms with E-state index in [4.69, 9.17) is 4.42 Å². The Morgan fingerprint density at radius 1 is 1.43 bits per heavy atom. The van der Waals surface area contributed by atoms with Crippen molar-refractivity contribution in [3.05, 3.63) is 40.4 Å². The van der Waals surface area contributed by atoms with Gasteiger partial charge in [-0.1, -0.05) is 0 Å². The molecule has 4 heteroatoms. The van der Waals surface area contributed by atoms with Gasteiger partial charge >= 0.3 is 0 Å². The topological polar surface area (TPSA) is 26.0 Å². The maximum Gasteiger partial charge on any atom is 0.227 e. The molecule has 0 aliphatic rings. The van der Waals surface area contributed by atoms with Gasteiger partial charge in [-0.05, 0) is 41.1 Å². The molecule has 0 fully saturated rings. The van der Waals surface area contributed by atoms with Crippen LogP contribution in [0, 0.1) is 12.7 Å². The monoisotopic (exact) mass is 255 g/mol. The fourth-order valence-electron chi connectivity index (χ4n) is 1.14. The van der Waals surface area contributed by atoms with Gasteiger partial charge in [-0.3, -0.25) is 0 Å². The van der Waals surface area contributed by atoms with E-state index >= 15 is 0 Å². The molecule has 0 saturated carbocycles. The lowest BCUT2D eigenvalue weighted by atomic mass is 10.2. The molecule has 0 aliphatic carbocycles. The van der Waals surface area contributed by atoms with Gasteiger partial charge in [-0.25, -0.2) is 9.37 Å². The van der Waals surface area contributed by atoms with Gasteiger partial charge in [0.05, 0.1) is 11.8 Å². The number of oxazole rings is 1. The third-order valence-corrected chi connectivity index (χ3v) is 2.44. The van der Waals surface area contributed by atoms with Crippen molar-refractivity contribution in [1.29, 1.82) is 0 Å². The molecule has 0 spiro atoms. The van der Waals surface area contributed by atoms with Gasteiger partial charge in [0.25, 0.3) is 0 Å². The average molecular weight is 256 g/mol. The van der Waals surface area contributed by atoms with Crippen molar-refractivity contribution in [2.24, 2.45) is 0 Å². The predicted octanol–water partition coefficient (Wildman–Crippen LogP) is 3.55. The summed E-state index contributed by atoms with van der Waals surface area (Å²) in [6, 6.07) is 4.39. The van der Waals surface area contributed by atoms with Crippen LogP contribution in [-0.2, 0) is 0 Å². The van der Waals surface area contributed by atoms with Crippen LogP contribution in [0.1, 0.15) is 5.76 Å². The highest BCUT2D eigenvalue weighted by Crippen LogP contribution is 2.28. The molecule has 0 unspecified atom stereocenters. The normalized spacial score (nSPS) is 10.5. The van der Waals surface area contributed by atoms with Crippen LogP contribution in [0.25, 0.3) is 11.5 Å². The Morgan fingerprint density at radius 2 is 2.21 bits per heavy atom. The van der Waals surface area contributed by atoms with E-state index in [1.54, 1.807) is 12.3 Å². The van der Waals surface area contributed by atoms with E-state index < -0.39 is 0 Å². The molecule has 0 radical (unpaired) electrons. The molecule has 0 saturated heterocycles. The SMILES string of the molecule is Cc1cnc(-c2ccc(F)cc2Br)o1. The van der Waals surface area contributed by atoms with Gasteiger partial charge in [0.1, 0.15) is 11.6 Å². The van der Waals surface area contributed by atoms with E-state index in [0.29, 0.717) is 10.4 Å². The molecule has 1 aromatic heterocycles. The number of aryl methyl sites for hydroxylation is 1. The van der Waals surface area contributed by atoms with E-state index in [-0.39, 0.29) is 5.82 Å². The number of halogens is 2. The van der Waals surface area contributed by atoms with Crippen molar-refractivity contribution in [3.63, 3.8) is 0 Å². The Hall–Kier alpha value is -1.16. The zero-order chi connectivity index (χ0) is 10.1. The molecule has 14 heavy (non-hydrogen) atoms. The molecule has 1 heterocycles. The highest BCUT2D eigenvalue weighted by atomic mass is 79.9. The Labute approximate surface area is 88.9 Å². The van der Waals surface area contributed by atoms with Crippen LogP contribution in [0.5, 0.6) is 0 Å². The summed E-state index contributed by atoms with van der Waals surface area (Å²) in [5.41, 5.74) is 0.750. The maximum absolute atomic E-state index is 12.8. The molecule has 0 N–H and O–H groups in total. The van der Waals surface area contributed by atoms with E-state index in [0.717, 1.165) is 11.3 Å². The summed E-state index contributed by atoms with van der Waals surface area (Å²) in [5, 5.41) is 0. The van der Waals surface area contributed by atoms with Crippen LogP contribution in [0.4, 0.5) is 4.39 Å².